The minimum absolute atomic E-state index is 0.0518. The zero-order valence-electron chi connectivity index (χ0n) is 14.8. The number of nitrogens with zero attached hydrogens (tertiary/aromatic N) is 2. The summed E-state index contributed by atoms with van der Waals surface area (Å²) in [5, 5.41) is 9.68. The molecule has 1 saturated heterocycles. The molecule has 1 aromatic heterocycles. The second-order valence-electron chi connectivity index (χ2n) is 6.39. The quantitative estimate of drug-likeness (QED) is 0.803. The fourth-order valence-corrected chi connectivity index (χ4v) is 3.52. The van der Waals surface area contributed by atoms with Gasteiger partial charge >= 0.3 is 11.7 Å². The van der Waals surface area contributed by atoms with Crippen LogP contribution < -0.4 is 16.0 Å². The van der Waals surface area contributed by atoms with Gasteiger partial charge in [0.15, 0.2) is 0 Å². The number of aromatic amines is 1. The molecular weight excluding hydrogens is 374 g/mol. The van der Waals surface area contributed by atoms with Gasteiger partial charge in [-0.15, -0.1) is 0 Å². The second kappa shape index (κ2) is 7.98. The van der Waals surface area contributed by atoms with Gasteiger partial charge in [-0.2, -0.15) is 0 Å². The van der Waals surface area contributed by atoms with Gasteiger partial charge in [0.05, 0.1) is 23.4 Å². The van der Waals surface area contributed by atoms with Crippen LogP contribution in [0.3, 0.4) is 0 Å². The van der Waals surface area contributed by atoms with Gasteiger partial charge in [0.2, 0.25) is 0 Å². The summed E-state index contributed by atoms with van der Waals surface area (Å²) in [6, 6.07) is 4.49. The number of halogens is 1. The lowest BCUT2D eigenvalue weighted by Gasteiger charge is -2.26. The molecule has 1 aliphatic rings. The number of hydrogen-bond acceptors (Lipinski definition) is 5. The number of rotatable bonds is 5. The third kappa shape index (κ3) is 3.91. The second-order valence-corrected chi connectivity index (χ2v) is 6.79. The largest absolute Gasteiger partial charge is 0.495 e. The minimum atomic E-state index is -1.34. The average Bonchev–Trinajstić information content (AvgIpc) is 2.64. The van der Waals surface area contributed by atoms with Crippen LogP contribution in [0.4, 0.5) is 0 Å². The van der Waals surface area contributed by atoms with Crippen LogP contribution in [-0.2, 0) is 6.54 Å². The minimum Gasteiger partial charge on any atom is -0.495 e. The number of carboxylic acid groups (broad SMARTS) is 1. The molecule has 0 amide bonds. The first-order valence-corrected chi connectivity index (χ1v) is 8.98. The van der Waals surface area contributed by atoms with Gasteiger partial charge in [0, 0.05) is 6.54 Å². The summed E-state index contributed by atoms with van der Waals surface area (Å²) in [6.07, 6.45) is 3.10. The zero-order valence-corrected chi connectivity index (χ0v) is 15.6. The third-order valence-electron chi connectivity index (χ3n) is 4.64. The lowest BCUT2D eigenvalue weighted by atomic mass is 10.1. The number of likely N-dealkylation sites (tertiary alicyclic amines) is 1. The maximum atomic E-state index is 13.0. The number of aromatic nitrogens is 2. The highest BCUT2D eigenvalue weighted by molar-refractivity contribution is 6.32. The van der Waals surface area contributed by atoms with E-state index in [1.54, 1.807) is 6.07 Å². The highest BCUT2D eigenvalue weighted by Crippen LogP contribution is 2.25. The van der Waals surface area contributed by atoms with Crippen molar-refractivity contribution in [2.24, 2.45) is 0 Å². The van der Waals surface area contributed by atoms with Crippen LogP contribution in [0.5, 0.6) is 5.75 Å². The molecule has 144 valence electrons. The molecule has 0 spiro atoms. The van der Waals surface area contributed by atoms with E-state index >= 15 is 0 Å². The first-order valence-electron chi connectivity index (χ1n) is 8.60. The maximum absolute atomic E-state index is 13.0. The SMILES string of the molecule is COc1ccc(-n2c(=O)[nH]c(C(=O)O)c(CN3CCCCC3)c2=O)cc1Cl. The number of benzene rings is 1. The number of ether oxygens (including phenoxy) is 1. The number of H-pyrrole nitrogens is 1. The van der Waals surface area contributed by atoms with Crippen LogP contribution >= 0.6 is 11.6 Å². The number of carboxylic acids is 1. The molecule has 2 heterocycles. The topological polar surface area (TPSA) is 105 Å². The van der Waals surface area contributed by atoms with Crippen molar-refractivity contribution in [2.45, 2.75) is 25.8 Å². The van der Waals surface area contributed by atoms with Crippen molar-refractivity contribution < 1.29 is 14.6 Å². The molecule has 0 unspecified atom stereocenters. The van der Waals surface area contributed by atoms with Crippen molar-refractivity contribution in [1.82, 2.24) is 14.5 Å². The highest BCUT2D eigenvalue weighted by Gasteiger charge is 2.23. The van der Waals surface area contributed by atoms with Crippen LogP contribution in [0.2, 0.25) is 5.02 Å². The molecule has 0 aliphatic carbocycles. The maximum Gasteiger partial charge on any atom is 0.352 e. The molecule has 0 radical (unpaired) electrons. The van der Waals surface area contributed by atoms with E-state index in [1.165, 1.54) is 19.2 Å². The Balaban J connectivity index is 2.13. The number of carbonyl (C=O) groups is 1. The highest BCUT2D eigenvalue weighted by atomic mass is 35.5. The van der Waals surface area contributed by atoms with E-state index in [2.05, 4.69) is 4.98 Å². The van der Waals surface area contributed by atoms with Crippen LogP contribution in [-0.4, -0.2) is 45.7 Å². The Morgan fingerprint density at radius 1 is 1.26 bits per heavy atom. The van der Waals surface area contributed by atoms with E-state index in [0.717, 1.165) is 36.9 Å². The number of nitrogens with one attached hydrogen (secondary N) is 1. The van der Waals surface area contributed by atoms with Crippen LogP contribution in [0.15, 0.2) is 27.8 Å². The molecule has 1 aliphatic heterocycles. The molecule has 2 N–H and O–H groups in total. The zero-order chi connectivity index (χ0) is 19.6. The van der Waals surface area contributed by atoms with Crippen LogP contribution in [0.1, 0.15) is 35.3 Å². The molecule has 1 aromatic carbocycles. The Morgan fingerprint density at radius 3 is 2.56 bits per heavy atom. The molecule has 0 bridgehead atoms. The van der Waals surface area contributed by atoms with Crippen molar-refractivity contribution in [1.29, 1.82) is 0 Å². The van der Waals surface area contributed by atoms with Crippen molar-refractivity contribution >= 4 is 17.6 Å². The number of piperidine rings is 1. The number of hydrogen-bond donors (Lipinski definition) is 2. The molecule has 8 nitrogen and oxygen atoms in total. The Labute approximate surface area is 160 Å². The van der Waals surface area contributed by atoms with Gasteiger partial charge in [-0.1, -0.05) is 18.0 Å². The third-order valence-corrected chi connectivity index (χ3v) is 4.93. The van der Waals surface area contributed by atoms with Gasteiger partial charge in [-0.3, -0.25) is 9.69 Å². The predicted octanol–water partition coefficient (Wildman–Crippen LogP) is 1.87. The van der Waals surface area contributed by atoms with E-state index in [1.807, 2.05) is 4.90 Å². The van der Waals surface area contributed by atoms with Crippen molar-refractivity contribution in [2.75, 3.05) is 20.2 Å². The Hall–Kier alpha value is -2.58. The molecule has 2 aromatic rings. The summed E-state index contributed by atoms with van der Waals surface area (Å²) < 4.78 is 5.98. The Morgan fingerprint density at radius 2 is 1.96 bits per heavy atom. The molecule has 0 saturated carbocycles. The lowest BCUT2D eigenvalue weighted by molar-refractivity contribution is 0.0686. The summed E-state index contributed by atoms with van der Waals surface area (Å²) in [4.78, 5) is 41.4. The van der Waals surface area contributed by atoms with Crippen LogP contribution in [0, 0.1) is 0 Å². The molecule has 3 rings (SSSR count). The standard InChI is InChI=1S/C18H20ClN3O5/c1-27-14-6-5-11(9-13(14)19)22-16(23)12(10-21-7-3-2-4-8-21)15(17(24)25)20-18(22)26/h5-6,9H,2-4,7-8,10H2,1H3,(H,20,26)(H,24,25). The Kier molecular flexibility index (Phi) is 5.67. The van der Waals surface area contributed by atoms with Gasteiger partial charge in [0.25, 0.3) is 5.56 Å². The number of methoxy groups -OCH3 is 1. The predicted molar refractivity (Wildman–Crippen MR) is 100 cm³/mol. The van der Waals surface area contributed by atoms with Crippen molar-refractivity contribution in [3.8, 4) is 11.4 Å². The fraction of sp³-hybridized carbons (Fsp3) is 0.389. The molecule has 1 fully saturated rings. The molecule has 9 heteroatoms. The summed E-state index contributed by atoms with van der Waals surface area (Å²) in [5.74, 6) is -0.934. The molecule has 27 heavy (non-hydrogen) atoms. The summed E-state index contributed by atoms with van der Waals surface area (Å²) in [7, 11) is 1.46. The molecule has 0 atom stereocenters. The summed E-state index contributed by atoms with van der Waals surface area (Å²) in [6.45, 7) is 1.74. The van der Waals surface area contributed by atoms with Gasteiger partial charge in [0.1, 0.15) is 11.4 Å². The van der Waals surface area contributed by atoms with Gasteiger partial charge < -0.3 is 14.8 Å². The van der Waals surface area contributed by atoms with Crippen molar-refractivity contribution in [3.05, 3.63) is 55.3 Å². The van der Waals surface area contributed by atoms with E-state index in [0.29, 0.717) is 5.75 Å². The first kappa shape index (κ1) is 19.2. The van der Waals surface area contributed by atoms with E-state index in [9.17, 15) is 19.5 Å². The first-order chi connectivity index (χ1) is 12.9. The lowest BCUT2D eigenvalue weighted by Crippen LogP contribution is -2.41. The van der Waals surface area contributed by atoms with Gasteiger partial charge in [-0.05, 0) is 44.1 Å². The summed E-state index contributed by atoms with van der Waals surface area (Å²) >= 11 is 6.11. The smallest absolute Gasteiger partial charge is 0.352 e. The van der Waals surface area contributed by atoms with Gasteiger partial charge in [-0.25, -0.2) is 14.2 Å². The summed E-state index contributed by atoms with van der Waals surface area (Å²) in [5.41, 5.74) is -1.57. The van der Waals surface area contributed by atoms with Crippen LogP contribution in [0.25, 0.3) is 5.69 Å². The number of aromatic carboxylic acids is 1. The normalized spacial score (nSPS) is 14.9. The van der Waals surface area contributed by atoms with Crippen molar-refractivity contribution in [3.63, 3.8) is 0 Å². The Bertz CT molecular complexity index is 976. The van der Waals surface area contributed by atoms with E-state index < -0.39 is 17.2 Å². The molecular formula is C18H20ClN3O5. The fourth-order valence-electron chi connectivity index (χ4n) is 3.27. The van der Waals surface area contributed by atoms with E-state index in [4.69, 9.17) is 16.3 Å². The van der Waals surface area contributed by atoms with E-state index in [-0.39, 0.29) is 28.5 Å². The monoisotopic (exact) mass is 393 g/mol. The average molecular weight is 394 g/mol.